The normalized spacial score (nSPS) is 16.9. The van der Waals surface area contributed by atoms with Crippen molar-refractivity contribution in [1.82, 2.24) is 4.90 Å². The zero-order valence-electron chi connectivity index (χ0n) is 14.8. The average Bonchev–Trinajstić information content (AvgIpc) is 2.97. The maximum Gasteiger partial charge on any atom is 0.265 e. The summed E-state index contributed by atoms with van der Waals surface area (Å²) < 4.78 is 0. The Hall–Kier alpha value is -1.65. The largest absolute Gasteiger partial charge is 0.321 e. The number of hydrogen-bond donors (Lipinski definition) is 1. The molecule has 1 aliphatic rings. The molecule has 4 heteroatoms. The van der Waals surface area contributed by atoms with Gasteiger partial charge in [0.1, 0.15) is 0 Å². The van der Waals surface area contributed by atoms with E-state index in [4.69, 9.17) is 0 Å². The number of amides is 1. The molecule has 1 aliphatic carbocycles. The highest BCUT2D eigenvalue weighted by atomic mass is 32.1. The van der Waals surface area contributed by atoms with E-state index in [1.165, 1.54) is 22.4 Å². The molecule has 24 heavy (non-hydrogen) atoms. The molecule has 0 saturated carbocycles. The average molecular weight is 343 g/mol. The SMILES string of the molecule is CC1CCc2sc(C(=O)Nc3ccc(CCN(C)C)cc3)cc2C1. The van der Waals surface area contributed by atoms with E-state index in [2.05, 4.69) is 49.4 Å². The summed E-state index contributed by atoms with van der Waals surface area (Å²) in [7, 11) is 4.16. The summed E-state index contributed by atoms with van der Waals surface area (Å²) in [6.07, 6.45) is 4.49. The van der Waals surface area contributed by atoms with Crippen LogP contribution in [0.15, 0.2) is 30.3 Å². The minimum absolute atomic E-state index is 0.0168. The fourth-order valence-corrected chi connectivity index (χ4v) is 4.22. The van der Waals surface area contributed by atoms with E-state index >= 15 is 0 Å². The van der Waals surface area contributed by atoms with Crippen LogP contribution >= 0.6 is 11.3 Å². The molecule has 1 atom stereocenters. The van der Waals surface area contributed by atoms with E-state index in [-0.39, 0.29) is 5.91 Å². The molecule has 0 radical (unpaired) electrons. The Morgan fingerprint density at radius 1 is 1.29 bits per heavy atom. The van der Waals surface area contributed by atoms with Gasteiger partial charge in [-0.15, -0.1) is 11.3 Å². The van der Waals surface area contributed by atoms with Gasteiger partial charge in [-0.1, -0.05) is 19.1 Å². The van der Waals surface area contributed by atoms with E-state index in [1.54, 1.807) is 11.3 Å². The first kappa shape index (κ1) is 17.2. The van der Waals surface area contributed by atoms with E-state index in [9.17, 15) is 4.79 Å². The van der Waals surface area contributed by atoms with Gasteiger partial charge in [-0.2, -0.15) is 0 Å². The quantitative estimate of drug-likeness (QED) is 0.882. The third kappa shape index (κ3) is 4.25. The van der Waals surface area contributed by atoms with Crippen molar-refractivity contribution >= 4 is 22.9 Å². The summed E-state index contributed by atoms with van der Waals surface area (Å²) >= 11 is 1.66. The van der Waals surface area contributed by atoms with Crippen molar-refractivity contribution < 1.29 is 4.79 Å². The fourth-order valence-electron chi connectivity index (χ4n) is 3.12. The predicted molar refractivity (Wildman–Crippen MR) is 102 cm³/mol. The van der Waals surface area contributed by atoms with Crippen molar-refractivity contribution in [2.75, 3.05) is 26.0 Å². The molecular weight excluding hydrogens is 316 g/mol. The van der Waals surface area contributed by atoms with Crippen LogP contribution in [-0.2, 0) is 19.3 Å². The highest BCUT2D eigenvalue weighted by Crippen LogP contribution is 2.32. The summed E-state index contributed by atoms with van der Waals surface area (Å²) in [5, 5.41) is 3.03. The van der Waals surface area contributed by atoms with Crippen LogP contribution in [0.1, 0.15) is 39.0 Å². The zero-order chi connectivity index (χ0) is 17.1. The van der Waals surface area contributed by atoms with Gasteiger partial charge >= 0.3 is 0 Å². The van der Waals surface area contributed by atoms with E-state index in [1.807, 2.05) is 12.1 Å². The number of likely N-dealkylation sites (N-methyl/N-ethyl adjacent to an activating group) is 1. The van der Waals surface area contributed by atoms with Gasteiger partial charge in [-0.3, -0.25) is 4.79 Å². The van der Waals surface area contributed by atoms with Crippen molar-refractivity contribution in [3.05, 3.63) is 51.2 Å². The van der Waals surface area contributed by atoms with Crippen molar-refractivity contribution in [1.29, 1.82) is 0 Å². The third-order valence-electron chi connectivity index (χ3n) is 4.61. The maximum atomic E-state index is 12.5. The Morgan fingerprint density at radius 3 is 2.75 bits per heavy atom. The van der Waals surface area contributed by atoms with Crippen LogP contribution in [-0.4, -0.2) is 31.4 Å². The molecular formula is C20H26N2OS. The number of hydrogen-bond acceptors (Lipinski definition) is 3. The van der Waals surface area contributed by atoms with E-state index < -0.39 is 0 Å². The number of fused-ring (bicyclic) bond motifs is 1. The Morgan fingerprint density at radius 2 is 2.04 bits per heavy atom. The number of nitrogens with zero attached hydrogens (tertiary/aromatic N) is 1. The standard InChI is InChI=1S/C20H26N2OS/c1-14-4-9-18-16(12-14)13-19(24-18)20(23)21-17-7-5-15(6-8-17)10-11-22(2)3/h5-8,13-14H,4,9-12H2,1-3H3,(H,21,23). The second-order valence-corrected chi connectivity index (χ2v) is 8.25. The Bertz CT molecular complexity index is 703. The molecule has 1 aromatic heterocycles. The van der Waals surface area contributed by atoms with Gasteiger partial charge in [0.2, 0.25) is 0 Å². The molecule has 128 valence electrons. The molecule has 1 amide bonds. The van der Waals surface area contributed by atoms with Gasteiger partial charge < -0.3 is 10.2 Å². The van der Waals surface area contributed by atoms with Crippen molar-refractivity contribution in [3.63, 3.8) is 0 Å². The minimum Gasteiger partial charge on any atom is -0.321 e. The number of anilines is 1. The zero-order valence-corrected chi connectivity index (χ0v) is 15.6. The number of nitrogens with one attached hydrogen (secondary N) is 1. The highest BCUT2D eigenvalue weighted by molar-refractivity contribution is 7.14. The van der Waals surface area contributed by atoms with Crippen molar-refractivity contribution in [2.24, 2.45) is 5.92 Å². The number of thiophene rings is 1. The summed E-state index contributed by atoms with van der Waals surface area (Å²) in [4.78, 5) is 16.9. The first-order chi connectivity index (χ1) is 11.5. The summed E-state index contributed by atoms with van der Waals surface area (Å²) in [5.74, 6) is 0.751. The molecule has 2 aromatic rings. The van der Waals surface area contributed by atoms with Gasteiger partial charge in [0.15, 0.2) is 0 Å². The molecule has 0 bridgehead atoms. The second kappa shape index (κ2) is 7.49. The van der Waals surface area contributed by atoms with E-state index in [0.29, 0.717) is 0 Å². The number of carbonyl (C=O) groups is 1. The number of rotatable bonds is 5. The maximum absolute atomic E-state index is 12.5. The van der Waals surface area contributed by atoms with Gasteiger partial charge in [0.25, 0.3) is 5.91 Å². The molecule has 1 aromatic carbocycles. The molecule has 1 unspecified atom stereocenters. The second-order valence-electron chi connectivity index (χ2n) is 7.11. The number of benzene rings is 1. The Kier molecular flexibility index (Phi) is 5.36. The molecule has 0 saturated heterocycles. The van der Waals surface area contributed by atoms with Gasteiger partial charge in [-0.05, 0) is 75.0 Å². The van der Waals surface area contributed by atoms with Crippen LogP contribution in [0.2, 0.25) is 0 Å². The minimum atomic E-state index is 0.0168. The van der Waals surface area contributed by atoms with Crippen LogP contribution in [0.25, 0.3) is 0 Å². The van der Waals surface area contributed by atoms with Crippen molar-refractivity contribution in [3.8, 4) is 0 Å². The van der Waals surface area contributed by atoms with Crippen LogP contribution in [0.3, 0.4) is 0 Å². The number of carbonyl (C=O) groups excluding carboxylic acids is 1. The Labute approximate surface area is 148 Å². The van der Waals surface area contributed by atoms with Crippen LogP contribution in [0.5, 0.6) is 0 Å². The van der Waals surface area contributed by atoms with Crippen LogP contribution in [0.4, 0.5) is 5.69 Å². The van der Waals surface area contributed by atoms with Crippen LogP contribution in [0, 0.1) is 5.92 Å². The summed E-state index contributed by atoms with van der Waals surface area (Å²) in [6, 6.07) is 10.3. The number of aryl methyl sites for hydroxylation is 1. The van der Waals surface area contributed by atoms with Gasteiger partial charge in [-0.25, -0.2) is 0 Å². The molecule has 1 N–H and O–H groups in total. The van der Waals surface area contributed by atoms with Gasteiger partial charge in [0.05, 0.1) is 4.88 Å². The molecule has 3 rings (SSSR count). The highest BCUT2D eigenvalue weighted by Gasteiger charge is 2.20. The molecule has 1 heterocycles. The monoisotopic (exact) mass is 342 g/mol. The molecule has 0 spiro atoms. The molecule has 0 aliphatic heterocycles. The first-order valence-electron chi connectivity index (χ1n) is 8.68. The lowest BCUT2D eigenvalue weighted by Crippen LogP contribution is -2.15. The van der Waals surface area contributed by atoms with Gasteiger partial charge in [0, 0.05) is 17.1 Å². The summed E-state index contributed by atoms with van der Waals surface area (Å²) in [6.45, 7) is 3.32. The summed E-state index contributed by atoms with van der Waals surface area (Å²) in [5.41, 5.74) is 3.54. The van der Waals surface area contributed by atoms with Crippen molar-refractivity contribution in [2.45, 2.75) is 32.6 Å². The lowest BCUT2D eigenvalue weighted by Gasteiger charge is -2.16. The molecule has 3 nitrogen and oxygen atoms in total. The first-order valence-corrected chi connectivity index (χ1v) is 9.49. The van der Waals surface area contributed by atoms with E-state index in [0.717, 1.165) is 42.3 Å². The third-order valence-corrected chi connectivity index (χ3v) is 5.85. The molecule has 0 fully saturated rings. The Balaban J connectivity index is 1.62. The predicted octanol–water partition coefficient (Wildman–Crippen LogP) is 4.23. The van der Waals surface area contributed by atoms with Crippen LogP contribution < -0.4 is 5.32 Å². The lowest BCUT2D eigenvalue weighted by molar-refractivity contribution is 0.103. The fraction of sp³-hybridized carbons (Fsp3) is 0.450. The smallest absolute Gasteiger partial charge is 0.265 e. The topological polar surface area (TPSA) is 32.3 Å². The lowest BCUT2D eigenvalue weighted by atomic mass is 9.90.